The standard InChI is InChI=1S/C15H24N6/c1-16-7-4-15(13-5-8-20(2)9-6-13)18-12-17-14-10-19-21(3)11-14/h4,7,10-11,13,17H,1,5-6,8-9,12H2,2-3H3/b7-4-,18-15?. The van der Waals surface area contributed by atoms with Crippen LogP contribution in [-0.4, -0.2) is 53.9 Å². The largest absolute Gasteiger partial charge is 0.364 e. The van der Waals surface area contributed by atoms with Crippen LogP contribution in [0.1, 0.15) is 12.8 Å². The van der Waals surface area contributed by atoms with E-state index in [1.807, 2.05) is 19.3 Å². The second kappa shape index (κ2) is 7.73. The Balaban J connectivity index is 1.96. The fourth-order valence-corrected chi connectivity index (χ4v) is 2.49. The normalized spacial score (nSPS) is 18.3. The van der Waals surface area contributed by atoms with Gasteiger partial charge in [-0.3, -0.25) is 14.7 Å². The van der Waals surface area contributed by atoms with Crippen LogP contribution < -0.4 is 5.32 Å². The second-order valence-corrected chi connectivity index (χ2v) is 5.40. The van der Waals surface area contributed by atoms with Crippen molar-refractivity contribution in [3.8, 4) is 0 Å². The van der Waals surface area contributed by atoms with E-state index in [2.05, 4.69) is 39.1 Å². The first-order chi connectivity index (χ1) is 10.2. The van der Waals surface area contributed by atoms with Crippen molar-refractivity contribution in [2.45, 2.75) is 12.8 Å². The summed E-state index contributed by atoms with van der Waals surface area (Å²) in [4.78, 5) is 10.8. The van der Waals surface area contributed by atoms with Gasteiger partial charge in [-0.2, -0.15) is 5.10 Å². The first-order valence-electron chi connectivity index (χ1n) is 7.27. The van der Waals surface area contributed by atoms with E-state index in [1.165, 1.54) is 0 Å². The Morgan fingerprint density at radius 2 is 2.24 bits per heavy atom. The van der Waals surface area contributed by atoms with Gasteiger partial charge in [-0.15, -0.1) is 0 Å². The van der Waals surface area contributed by atoms with E-state index in [4.69, 9.17) is 0 Å². The van der Waals surface area contributed by atoms with Crippen LogP contribution in [0.15, 0.2) is 34.7 Å². The molecule has 0 bridgehead atoms. The number of likely N-dealkylation sites (tertiary alicyclic amines) is 1. The quantitative estimate of drug-likeness (QED) is 0.812. The summed E-state index contributed by atoms with van der Waals surface area (Å²) in [5, 5.41) is 7.38. The molecule has 0 radical (unpaired) electrons. The highest BCUT2D eigenvalue weighted by atomic mass is 15.3. The van der Waals surface area contributed by atoms with Gasteiger partial charge in [0.2, 0.25) is 0 Å². The summed E-state index contributed by atoms with van der Waals surface area (Å²) in [6, 6.07) is 0. The molecule has 0 aromatic carbocycles. The van der Waals surface area contributed by atoms with Gasteiger partial charge in [0.1, 0.15) is 6.67 Å². The number of rotatable bonds is 6. The van der Waals surface area contributed by atoms with Gasteiger partial charge in [0.05, 0.1) is 11.9 Å². The number of aryl methyl sites for hydroxylation is 1. The molecule has 1 aliphatic heterocycles. The van der Waals surface area contributed by atoms with Crippen molar-refractivity contribution in [3.05, 3.63) is 24.7 Å². The summed E-state index contributed by atoms with van der Waals surface area (Å²) >= 11 is 0. The van der Waals surface area contributed by atoms with E-state index in [1.54, 1.807) is 17.1 Å². The molecule has 1 fully saturated rings. The first kappa shape index (κ1) is 15.4. The molecule has 1 N–H and O–H groups in total. The lowest BCUT2D eigenvalue weighted by molar-refractivity contribution is 0.252. The molecular weight excluding hydrogens is 264 g/mol. The zero-order valence-electron chi connectivity index (χ0n) is 12.9. The third-order valence-corrected chi connectivity index (χ3v) is 3.74. The van der Waals surface area contributed by atoms with E-state index < -0.39 is 0 Å². The van der Waals surface area contributed by atoms with Crippen LogP contribution in [-0.2, 0) is 7.05 Å². The Bertz CT molecular complexity index is 508. The summed E-state index contributed by atoms with van der Waals surface area (Å²) in [5.41, 5.74) is 2.08. The molecule has 0 amide bonds. The third-order valence-electron chi connectivity index (χ3n) is 3.74. The maximum Gasteiger partial charge on any atom is 0.108 e. The number of aliphatic imine (C=N–C) groups is 2. The number of hydrogen-bond donors (Lipinski definition) is 1. The van der Waals surface area contributed by atoms with Gasteiger partial charge in [-0.05, 0) is 45.8 Å². The monoisotopic (exact) mass is 288 g/mol. The van der Waals surface area contributed by atoms with Crippen molar-refractivity contribution >= 4 is 18.1 Å². The highest BCUT2D eigenvalue weighted by molar-refractivity contribution is 5.97. The van der Waals surface area contributed by atoms with Crippen LogP contribution in [0.5, 0.6) is 0 Å². The van der Waals surface area contributed by atoms with Crippen molar-refractivity contribution in [2.75, 3.05) is 32.1 Å². The number of nitrogens with zero attached hydrogens (tertiary/aromatic N) is 5. The van der Waals surface area contributed by atoms with Crippen molar-refractivity contribution in [1.29, 1.82) is 0 Å². The second-order valence-electron chi connectivity index (χ2n) is 5.40. The molecule has 0 aliphatic carbocycles. The third kappa shape index (κ3) is 4.82. The van der Waals surface area contributed by atoms with Crippen LogP contribution in [0.3, 0.4) is 0 Å². The molecule has 2 rings (SSSR count). The molecule has 114 valence electrons. The molecule has 0 atom stereocenters. The topological polar surface area (TPSA) is 57.8 Å². The fourth-order valence-electron chi connectivity index (χ4n) is 2.49. The maximum atomic E-state index is 4.69. The zero-order valence-corrected chi connectivity index (χ0v) is 12.9. The Morgan fingerprint density at radius 1 is 1.48 bits per heavy atom. The van der Waals surface area contributed by atoms with Crippen LogP contribution in [0, 0.1) is 5.92 Å². The van der Waals surface area contributed by atoms with Gasteiger partial charge in [-0.25, -0.2) is 0 Å². The molecule has 1 saturated heterocycles. The average molecular weight is 288 g/mol. The lowest BCUT2D eigenvalue weighted by Gasteiger charge is -2.29. The minimum Gasteiger partial charge on any atom is -0.364 e. The Kier molecular flexibility index (Phi) is 5.68. The summed E-state index contributed by atoms with van der Waals surface area (Å²) in [5.74, 6) is 0.509. The number of hydrogen-bond acceptors (Lipinski definition) is 5. The smallest absolute Gasteiger partial charge is 0.108 e. The molecular formula is C15H24N6. The number of allylic oxidation sites excluding steroid dienone is 1. The molecule has 2 heterocycles. The van der Waals surface area contributed by atoms with Crippen molar-refractivity contribution in [2.24, 2.45) is 23.0 Å². The average Bonchev–Trinajstić information content (AvgIpc) is 2.89. The van der Waals surface area contributed by atoms with Crippen molar-refractivity contribution in [3.63, 3.8) is 0 Å². The number of aromatic nitrogens is 2. The molecule has 1 aromatic rings. The van der Waals surface area contributed by atoms with Crippen LogP contribution in [0.2, 0.25) is 0 Å². The SMILES string of the molecule is C=N/C=C\C(=NCNc1cnn(C)c1)C1CCN(C)CC1. The van der Waals surface area contributed by atoms with Crippen LogP contribution in [0.4, 0.5) is 5.69 Å². The minimum absolute atomic E-state index is 0.509. The summed E-state index contributed by atoms with van der Waals surface area (Å²) in [6.45, 7) is 6.28. The number of nitrogens with one attached hydrogen (secondary N) is 1. The lowest BCUT2D eigenvalue weighted by atomic mass is 9.92. The van der Waals surface area contributed by atoms with E-state index >= 15 is 0 Å². The van der Waals surface area contributed by atoms with E-state index in [-0.39, 0.29) is 0 Å². The predicted octanol–water partition coefficient (Wildman–Crippen LogP) is 1.79. The molecule has 1 aromatic heterocycles. The lowest BCUT2D eigenvalue weighted by Crippen LogP contribution is -2.33. The van der Waals surface area contributed by atoms with Gasteiger partial charge in [0, 0.05) is 31.1 Å². The number of piperidine rings is 1. The fraction of sp³-hybridized carbons (Fsp3) is 0.533. The number of anilines is 1. The van der Waals surface area contributed by atoms with Crippen LogP contribution in [0.25, 0.3) is 0 Å². The highest BCUT2D eigenvalue weighted by Crippen LogP contribution is 2.18. The minimum atomic E-state index is 0.509. The Hall–Kier alpha value is -1.95. The molecule has 6 heteroatoms. The Labute approximate surface area is 126 Å². The summed E-state index contributed by atoms with van der Waals surface area (Å²) < 4.78 is 1.77. The van der Waals surface area contributed by atoms with E-state index in [0.29, 0.717) is 12.6 Å². The molecule has 0 unspecified atom stereocenters. The van der Waals surface area contributed by atoms with Gasteiger partial charge in [0.25, 0.3) is 0 Å². The zero-order chi connectivity index (χ0) is 15.1. The van der Waals surface area contributed by atoms with Crippen molar-refractivity contribution < 1.29 is 0 Å². The molecule has 6 nitrogen and oxygen atoms in total. The Morgan fingerprint density at radius 3 is 2.86 bits per heavy atom. The predicted molar refractivity (Wildman–Crippen MR) is 88.0 cm³/mol. The summed E-state index contributed by atoms with van der Waals surface area (Å²) in [7, 11) is 4.06. The van der Waals surface area contributed by atoms with Gasteiger partial charge in [-0.1, -0.05) is 0 Å². The van der Waals surface area contributed by atoms with E-state index in [0.717, 1.165) is 37.3 Å². The molecule has 0 spiro atoms. The maximum absolute atomic E-state index is 4.69. The summed E-state index contributed by atoms with van der Waals surface area (Å²) in [6.07, 6.45) is 9.72. The molecule has 1 aliphatic rings. The van der Waals surface area contributed by atoms with Crippen LogP contribution >= 0.6 is 0 Å². The molecule has 21 heavy (non-hydrogen) atoms. The molecule has 0 saturated carbocycles. The first-order valence-corrected chi connectivity index (χ1v) is 7.27. The highest BCUT2D eigenvalue weighted by Gasteiger charge is 2.19. The van der Waals surface area contributed by atoms with Gasteiger partial charge in [0.15, 0.2) is 0 Å². The van der Waals surface area contributed by atoms with Gasteiger partial charge < -0.3 is 10.2 Å². The van der Waals surface area contributed by atoms with Gasteiger partial charge >= 0.3 is 0 Å². The van der Waals surface area contributed by atoms with Crippen molar-refractivity contribution in [1.82, 2.24) is 14.7 Å². The van der Waals surface area contributed by atoms with E-state index in [9.17, 15) is 0 Å².